The second-order valence-electron chi connectivity index (χ2n) is 7.56. The van der Waals surface area contributed by atoms with Crippen molar-refractivity contribution in [1.29, 1.82) is 0 Å². The minimum absolute atomic E-state index is 0.176. The van der Waals surface area contributed by atoms with E-state index in [1.807, 2.05) is 0 Å². The number of nitrogens with one attached hydrogen (secondary N) is 2. The number of hydrogen-bond acceptors (Lipinski definition) is 6. The summed E-state index contributed by atoms with van der Waals surface area (Å²) in [5, 5.41) is 5.63. The van der Waals surface area contributed by atoms with E-state index >= 15 is 0 Å². The summed E-state index contributed by atoms with van der Waals surface area (Å²) in [6, 6.07) is 7.60. The minimum Gasteiger partial charge on any atom is -0.493 e. The van der Waals surface area contributed by atoms with Gasteiger partial charge in [-0.1, -0.05) is 0 Å². The predicted molar refractivity (Wildman–Crippen MR) is 111 cm³/mol. The summed E-state index contributed by atoms with van der Waals surface area (Å²) in [7, 11) is 1.49. The van der Waals surface area contributed by atoms with Crippen LogP contribution in [0.5, 0.6) is 17.2 Å². The van der Waals surface area contributed by atoms with Crippen LogP contribution in [0.3, 0.4) is 0 Å². The highest BCUT2D eigenvalue weighted by molar-refractivity contribution is 6.11. The number of nitrogens with zero attached hydrogens (tertiary/aromatic N) is 1. The molecular formula is C22H21N3O6. The van der Waals surface area contributed by atoms with E-state index in [0.29, 0.717) is 65.9 Å². The molecule has 9 heteroatoms. The van der Waals surface area contributed by atoms with Gasteiger partial charge in [-0.05, 0) is 43.2 Å². The summed E-state index contributed by atoms with van der Waals surface area (Å²) in [5.41, 5.74) is 1.58. The number of fused-ring (bicyclic) bond motifs is 3. The summed E-state index contributed by atoms with van der Waals surface area (Å²) in [5.74, 6) is 0.534. The lowest BCUT2D eigenvalue weighted by atomic mass is 10.1. The summed E-state index contributed by atoms with van der Waals surface area (Å²) >= 11 is 0. The van der Waals surface area contributed by atoms with Crippen LogP contribution in [0.2, 0.25) is 0 Å². The molecule has 0 aliphatic carbocycles. The van der Waals surface area contributed by atoms with Crippen LogP contribution < -0.4 is 24.8 Å². The summed E-state index contributed by atoms with van der Waals surface area (Å²) in [6.07, 6.45) is 1.45. The lowest BCUT2D eigenvalue weighted by molar-refractivity contribution is -0.119. The maximum atomic E-state index is 13.0. The fourth-order valence-electron chi connectivity index (χ4n) is 4.17. The Morgan fingerprint density at radius 3 is 2.87 bits per heavy atom. The zero-order chi connectivity index (χ0) is 21.5. The Morgan fingerprint density at radius 2 is 2.03 bits per heavy atom. The normalized spacial score (nSPS) is 19.1. The van der Waals surface area contributed by atoms with Gasteiger partial charge >= 0.3 is 0 Å². The van der Waals surface area contributed by atoms with Crippen molar-refractivity contribution in [2.24, 2.45) is 0 Å². The van der Waals surface area contributed by atoms with Crippen molar-refractivity contribution in [3.8, 4) is 17.2 Å². The van der Waals surface area contributed by atoms with Gasteiger partial charge in [0.25, 0.3) is 11.8 Å². The van der Waals surface area contributed by atoms with Crippen LogP contribution in [0.4, 0.5) is 11.4 Å². The van der Waals surface area contributed by atoms with Gasteiger partial charge in [-0.3, -0.25) is 14.4 Å². The number of rotatable bonds is 3. The maximum absolute atomic E-state index is 13.0. The first-order chi connectivity index (χ1) is 15.0. The van der Waals surface area contributed by atoms with Crippen molar-refractivity contribution in [2.75, 3.05) is 37.5 Å². The standard InChI is InChI=1S/C22H21N3O6/c1-29-17-9-12(10-18-19(17)31-8-7-30-18)20(26)23-13-4-5-15-14(11-13)22(28)25-6-2-3-16(25)21(27)24-15/h4-5,9-11,16H,2-3,6-8H2,1H3,(H,23,26)(H,24,27)/t16-/m0/s1. The molecule has 3 aliphatic heterocycles. The largest absolute Gasteiger partial charge is 0.493 e. The smallest absolute Gasteiger partial charge is 0.256 e. The van der Waals surface area contributed by atoms with Gasteiger partial charge in [-0.15, -0.1) is 0 Å². The number of anilines is 2. The molecule has 0 bridgehead atoms. The fourth-order valence-corrected chi connectivity index (χ4v) is 4.17. The summed E-state index contributed by atoms with van der Waals surface area (Å²) in [6.45, 7) is 1.34. The molecule has 0 unspecified atom stereocenters. The van der Waals surface area contributed by atoms with Gasteiger partial charge in [-0.25, -0.2) is 0 Å². The Kier molecular flexibility index (Phi) is 4.65. The van der Waals surface area contributed by atoms with Crippen LogP contribution in [-0.2, 0) is 4.79 Å². The van der Waals surface area contributed by atoms with Gasteiger partial charge in [0, 0.05) is 17.8 Å². The Labute approximate surface area is 178 Å². The van der Waals surface area contributed by atoms with Crippen molar-refractivity contribution < 1.29 is 28.6 Å². The third-order valence-corrected chi connectivity index (χ3v) is 5.67. The van der Waals surface area contributed by atoms with Gasteiger partial charge in [0.2, 0.25) is 11.7 Å². The molecular weight excluding hydrogens is 402 g/mol. The van der Waals surface area contributed by atoms with E-state index in [1.54, 1.807) is 35.2 Å². The van der Waals surface area contributed by atoms with E-state index in [9.17, 15) is 14.4 Å². The SMILES string of the molecule is COc1cc(C(=O)Nc2ccc3c(c2)C(=O)N2CCC[C@H]2C(=O)N3)cc2c1OCCO2. The first-order valence-electron chi connectivity index (χ1n) is 10.1. The van der Waals surface area contributed by atoms with Crippen LogP contribution in [0.25, 0.3) is 0 Å². The van der Waals surface area contributed by atoms with Crippen LogP contribution in [0, 0.1) is 0 Å². The van der Waals surface area contributed by atoms with E-state index in [-0.39, 0.29) is 17.7 Å². The fraction of sp³-hybridized carbons (Fsp3) is 0.318. The molecule has 1 saturated heterocycles. The molecule has 3 aliphatic rings. The molecule has 0 saturated carbocycles. The Morgan fingerprint density at radius 1 is 1.19 bits per heavy atom. The molecule has 160 valence electrons. The molecule has 3 heterocycles. The van der Waals surface area contributed by atoms with Gasteiger partial charge in [0.1, 0.15) is 19.3 Å². The molecule has 5 rings (SSSR count). The van der Waals surface area contributed by atoms with Gasteiger partial charge < -0.3 is 29.7 Å². The molecule has 0 aromatic heterocycles. The maximum Gasteiger partial charge on any atom is 0.256 e. The lowest BCUT2D eigenvalue weighted by Gasteiger charge is -2.21. The van der Waals surface area contributed by atoms with Crippen LogP contribution in [-0.4, -0.2) is 55.5 Å². The zero-order valence-electron chi connectivity index (χ0n) is 16.9. The highest BCUT2D eigenvalue weighted by atomic mass is 16.6. The number of hydrogen-bond donors (Lipinski definition) is 2. The van der Waals surface area contributed by atoms with Crippen molar-refractivity contribution in [1.82, 2.24) is 4.90 Å². The molecule has 1 atom stereocenters. The van der Waals surface area contributed by atoms with Crippen LogP contribution >= 0.6 is 0 Å². The first kappa shape index (κ1) is 19.2. The minimum atomic E-state index is -0.442. The van der Waals surface area contributed by atoms with Gasteiger partial charge in [0.05, 0.1) is 18.4 Å². The highest BCUT2D eigenvalue weighted by Crippen LogP contribution is 2.40. The molecule has 0 radical (unpaired) electrons. The second kappa shape index (κ2) is 7.50. The third-order valence-electron chi connectivity index (χ3n) is 5.67. The predicted octanol–water partition coefficient (Wildman–Crippen LogP) is 2.28. The number of benzene rings is 2. The van der Waals surface area contributed by atoms with Gasteiger partial charge in [0.15, 0.2) is 11.5 Å². The van der Waals surface area contributed by atoms with E-state index in [1.165, 1.54) is 7.11 Å². The number of carbonyl (C=O) groups is 3. The molecule has 2 N–H and O–H groups in total. The number of methoxy groups -OCH3 is 1. The third kappa shape index (κ3) is 3.31. The zero-order valence-corrected chi connectivity index (χ0v) is 16.9. The first-order valence-corrected chi connectivity index (χ1v) is 10.1. The van der Waals surface area contributed by atoms with Gasteiger partial charge in [-0.2, -0.15) is 0 Å². The van der Waals surface area contributed by atoms with Crippen molar-refractivity contribution in [2.45, 2.75) is 18.9 Å². The Bertz CT molecular complexity index is 1080. The topological polar surface area (TPSA) is 106 Å². The van der Waals surface area contributed by atoms with Crippen LogP contribution in [0.1, 0.15) is 33.6 Å². The number of carbonyl (C=O) groups excluding carboxylic acids is 3. The number of amides is 3. The quantitative estimate of drug-likeness (QED) is 0.785. The highest BCUT2D eigenvalue weighted by Gasteiger charge is 2.38. The van der Waals surface area contributed by atoms with E-state index in [4.69, 9.17) is 14.2 Å². The van der Waals surface area contributed by atoms with E-state index in [0.717, 1.165) is 6.42 Å². The second-order valence-corrected chi connectivity index (χ2v) is 7.56. The molecule has 2 aromatic carbocycles. The summed E-state index contributed by atoms with van der Waals surface area (Å²) in [4.78, 5) is 39.9. The average molecular weight is 423 g/mol. The lowest BCUT2D eigenvalue weighted by Crippen LogP contribution is -2.40. The van der Waals surface area contributed by atoms with E-state index in [2.05, 4.69) is 10.6 Å². The average Bonchev–Trinajstić information content (AvgIpc) is 3.25. The monoisotopic (exact) mass is 423 g/mol. The molecule has 2 aromatic rings. The number of ether oxygens (including phenoxy) is 3. The van der Waals surface area contributed by atoms with Crippen molar-refractivity contribution in [3.63, 3.8) is 0 Å². The van der Waals surface area contributed by atoms with Crippen molar-refractivity contribution >= 4 is 29.1 Å². The molecule has 3 amide bonds. The molecule has 9 nitrogen and oxygen atoms in total. The van der Waals surface area contributed by atoms with Crippen LogP contribution in [0.15, 0.2) is 30.3 Å². The molecule has 31 heavy (non-hydrogen) atoms. The van der Waals surface area contributed by atoms with E-state index < -0.39 is 6.04 Å². The van der Waals surface area contributed by atoms with Crippen molar-refractivity contribution in [3.05, 3.63) is 41.5 Å². The molecule has 1 fully saturated rings. The summed E-state index contributed by atoms with van der Waals surface area (Å²) < 4.78 is 16.5. The Balaban J connectivity index is 1.43. The molecule has 0 spiro atoms. The Hall–Kier alpha value is -3.75.